The monoisotopic (exact) mass is 280 g/mol. The summed E-state index contributed by atoms with van der Waals surface area (Å²) >= 11 is 0. The first-order valence-corrected chi connectivity index (χ1v) is 6.44. The molecule has 0 aromatic carbocycles. The molecule has 0 aromatic rings. The molecule has 0 saturated carbocycles. The smallest absolute Gasteiger partial charge is 0.422 e. The summed E-state index contributed by atoms with van der Waals surface area (Å²) < 4.78 is 30.0. The number of amides is 1. The van der Waals surface area contributed by atoms with Crippen molar-refractivity contribution in [1.82, 2.24) is 9.03 Å². The average molecular weight is 280 g/mol. The van der Waals surface area contributed by atoms with Gasteiger partial charge in [-0.1, -0.05) is 6.08 Å². The summed E-state index contributed by atoms with van der Waals surface area (Å²) in [4.78, 5) is 21.7. The van der Waals surface area contributed by atoms with Gasteiger partial charge in [-0.25, -0.2) is 9.52 Å². The van der Waals surface area contributed by atoms with E-state index in [0.29, 0.717) is 4.31 Å². The molecule has 0 aromatic heterocycles. The summed E-state index contributed by atoms with van der Waals surface area (Å²) in [6, 6.07) is 0. The van der Waals surface area contributed by atoms with Gasteiger partial charge in [0.05, 0.1) is 6.10 Å². The van der Waals surface area contributed by atoms with Crippen LogP contribution in [0.15, 0.2) is 12.7 Å². The number of carboxylic acid groups (broad SMARTS) is 1. The minimum absolute atomic E-state index is 0.239. The number of hydrogen-bond acceptors (Lipinski definition) is 5. The fourth-order valence-electron chi connectivity index (χ4n) is 0.951. The van der Waals surface area contributed by atoms with E-state index in [2.05, 4.69) is 11.3 Å². The lowest BCUT2D eigenvalue weighted by molar-refractivity contribution is -0.137. The molecule has 0 aliphatic rings. The van der Waals surface area contributed by atoms with Crippen LogP contribution in [0.3, 0.4) is 0 Å². The lowest BCUT2D eigenvalue weighted by Gasteiger charge is -2.19. The molecule has 0 aliphatic carbocycles. The van der Waals surface area contributed by atoms with Crippen molar-refractivity contribution in [1.29, 1.82) is 0 Å². The zero-order valence-corrected chi connectivity index (χ0v) is 10.9. The Morgan fingerprint density at radius 1 is 1.50 bits per heavy atom. The maximum Gasteiger partial charge on any atom is 0.422 e. The highest BCUT2D eigenvalue weighted by Crippen LogP contribution is 2.00. The highest BCUT2D eigenvalue weighted by Gasteiger charge is 2.26. The van der Waals surface area contributed by atoms with Gasteiger partial charge in [0.1, 0.15) is 6.54 Å². The van der Waals surface area contributed by atoms with Gasteiger partial charge in [0.25, 0.3) is 0 Å². The fraction of sp³-hybridized carbons (Fsp3) is 0.556. The largest absolute Gasteiger partial charge is 0.480 e. The first-order chi connectivity index (χ1) is 8.19. The van der Waals surface area contributed by atoms with E-state index in [1.807, 2.05) is 0 Å². The standard InChI is InChI=1S/C9H16N2O6S/c1-4-5-11(6-8(12)13)18(15,16)10-9(14)17-7(2)3/h4,7H,1,5-6H2,2-3H3,(H,10,14)(H,12,13). The summed E-state index contributed by atoms with van der Waals surface area (Å²) in [6.45, 7) is 5.38. The van der Waals surface area contributed by atoms with Crippen molar-refractivity contribution in [2.75, 3.05) is 13.1 Å². The van der Waals surface area contributed by atoms with Crippen molar-refractivity contribution in [2.24, 2.45) is 0 Å². The second-order valence-electron chi connectivity index (χ2n) is 3.54. The summed E-state index contributed by atoms with van der Waals surface area (Å²) in [5.74, 6) is -1.35. The molecule has 0 spiro atoms. The lowest BCUT2D eigenvalue weighted by Crippen LogP contribution is -2.46. The SMILES string of the molecule is C=CCN(CC(=O)O)S(=O)(=O)NC(=O)OC(C)C. The number of carboxylic acids is 1. The Balaban J connectivity index is 4.79. The normalized spacial score (nSPS) is 11.3. The number of aliphatic carboxylic acids is 1. The zero-order valence-electron chi connectivity index (χ0n) is 10.1. The van der Waals surface area contributed by atoms with Crippen LogP contribution >= 0.6 is 0 Å². The Labute approximate surface area is 105 Å². The number of rotatable bonds is 7. The van der Waals surface area contributed by atoms with Crippen LogP contribution in [-0.4, -0.2) is 49.1 Å². The van der Waals surface area contributed by atoms with Gasteiger partial charge in [-0.2, -0.15) is 12.7 Å². The van der Waals surface area contributed by atoms with Gasteiger partial charge < -0.3 is 9.84 Å². The zero-order chi connectivity index (χ0) is 14.3. The molecular formula is C9H16N2O6S. The van der Waals surface area contributed by atoms with Crippen LogP contribution in [0, 0.1) is 0 Å². The Morgan fingerprint density at radius 2 is 2.06 bits per heavy atom. The van der Waals surface area contributed by atoms with E-state index >= 15 is 0 Å². The Morgan fingerprint density at radius 3 is 2.44 bits per heavy atom. The van der Waals surface area contributed by atoms with Gasteiger partial charge in [-0.3, -0.25) is 4.79 Å². The summed E-state index contributed by atoms with van der Waals surface area (Å²) in [6.07, 6.45) is -0.451. The van der Waals surface area contributed by atoms with Crippen LogP contribution in [0.5, 0.6) is 0 Å². The lowest BCUT2D eigenvalue weighted by atomic mass is 10.5. The third-order valence-corrected chi connectivity index (χ3v) is 2.92. The molecule has 0 radical (unpaired) electrons. The third kappa shape index (κ3) is 6.21. The van der Waals surface area contributed by atoms with Gasteiger partial charge in [-0.15, -0.1) is 6.58 Å². The van der Waals surface area contributed by atoms with E-state index in [0.717, 1.165) is 0 Å². The summed E-state index contributed by atoms with van der Waals surface area (Å²) in [5.41, 5.74) is 0. The number of nitrogens with zero attached hydrogens (tertiary/aromatic N) is 1. The van der Waals surface area contributed by atoms with Crippen LogP contribution in [0.1, 0.15) is 13.8 Å². The van der Waals surface area contributed by atoms with Crippen LogP contribution in [0.25, 0.3) is 0 Å². The number of nitrogens with one attached hydrogen (secondary N) is 1. The number of carbonyl (C=O) groups excluding carboxylic acids is 1. The molecule has 0 fully saturated rings. The van der Waals surface area contributed by atoms with E-state index in [1.165, 1.54) is 6.08 Å². The van der Waals surface area contributed by atoms with E-state index in [4.69, 9.17) is 5.11 Å². The average Bonchev–Trinajstić information content (AvgIpc) is 2.13. The Bertz CT molecular complexity index is 417. The van der Waals surface area contributed by atoms with Gasteiger partial charge in [0.2, 0.25) is 0 Å². The van der Waals surface area contributed by atoms with Crippen LogP contribution in [0.4, 0.5) is 4.79 Å². The molecular weight excluding hydrogens is 264 g/mol. The minimum Gasteiger partial charge on any atom is -0.480 e. The molecule has 0 rings (SSSR count). The van der Waals surface area contributed by atoms with Gasteiger partial charge in [0, 0.05) is 6.54 Å². The van der Waals surface area contributed by atoms with Crippen molar-refractivity contribution in [3.8, 4) is 0 Å². The molecule has 0 saturated heterocycles. The number of hydrogen-bond donors (Lipinski definition) is 2. The van der Waals surface area contributed by atoms with Crippen LogP contribution in [-0.2, 0) is 19.7 Å². The van der Waals surface area contributed by atoms with Crippen molar-refractivity contribution in [3.05, 3.63) is 12.7 Å². The maximum atomic E-state index is 11.7. The molecule has 0 atom stereocenters. The van der Waals surface area contributed by atoms with Gasteiger partial charge in [0.15, 0.2) is 0 Å². The highest BCUT2D eigenvalue weighted by atomic mass is 32.2. The fourth-order valence-corrected chi connectivity index (χ4v) is 1.92. The second-order valence-corrected chi connectivity index (χ2v) is 5.21. The Kier molecular flexibility index (Phi) is 6.34. The molecule has 9 heteroatoms. The number of carbonyl (C=O) groups is 2. The maximum absolute atomic E-state index is 11.7. The quantitative estimate of drug-likeness (QED) is 0.631. The molecule has 0 heterocycles. The first-order valence-electron chi connectivity index (χ1n) is 5.00. The van der Waals surface area contributed by atoms with Crippen LogP contribution < -0.4 is 4.72 Å². The molecule has 1 amide bonds. The molecule has 8 nitrogen and oxygen atoms in total. The van der Waals surface area contributed by atoms with Crippen LogP contribution in [0.2, 0.25) is 0 Å². The molecule has 104 valence electrons. The van der Waals surface area contributed by atoms with E-state index < -0.39 is 34.9 Å². The molecule has 0 unspecified atom stereocenters. The van der Waals surface area contributed by atoms with E-state index in [-0.39, 0.29) is 6.54 Å². The molecule has 18 heavy (non-hydrogen) atoms. The second kappa shape index (κ2) is 6.97. The van der Waals surface area contributed by atoms with Crippen molar-refractivity contribution in [2.45, 2.75) is 20.0 Å². The third-order valence-electron chi connectivity index (χ3n) is 1.54. The van der Waals surface area contributed by atoms with Gasteiger partial charge in [-0.05, 0) is 13.8 Å². The Hall–Kier alpha value is -1.61. The van der Waals surface area contributed by atoms with Crippen molar-refractivity contribution < 1.29 is 27.9 Å². The van der Waals surface area contributed by atoms with E-state index in [9.17, 15) is 18.0 Å². The van der Waals surface area contributed by atoms with Crippen molar-refractivity contribution >= 4 is 22.3 Å². The van der Waals surface area contributed by atoms with E-state index in [1.54, 1.807) is 18.6 Å². The number of ether oxygens (including phenoxy) is 1. The summed E-state index contributed by atoms with van der Waals surface area (Å²) in [7, 11) is -4.27. The highest BCUT2D eigenvalue weighted by molar-refractivity contribution is 7.87. The summed E-state index contributed by atoms with van der Waals surface area (Å²) in [5, 5.41) is 8.57. The molecule has 2 N–H and O–H groups in total. The topological polar surface area (TPSA) is 113 Å². The van der Waals surface area contributed by atoms with Crippen molar-refractivity contribution in [3.63, 3.8) is 0 Å². The predicted molar refractivity (Wildman–Crippen MR) is 63.1 cm³/mol. The molecule has 0 aliphatic heterocycles. The molecule has 0 bridgehead atoms. The first kappa shape index (κ1) is 16.4. The minimum atomic E-state index is -4.27. The predicted octanol–water partition coefficient (Wildman–Crippen LogP) is -0.0616. The van der Waals surface area contributed by atoms with Gasteiger partial charge >= 0.3 is 22.3 Å².